The zero-order chi connectivity index (χ0) is 28.7. The molecule has 0 saturated carbocycles. The normalized spacial score (nSPS) is 23.9. The fourth-order valence-corrected chi connectivity index (χ4v) is 6.91. The lowest BCUT2D eigenvalue weighted by atomic mass is 10.1. The van der Waals surface area contributed by atoms with Gasteiger partial charge in [-0.2, -0.15) is 5.26 Å². The van der Waals surface area contributed by atoms with E-state index in [0.29, 0.717) is 5.56 Å². The molecule has 0 aliphatic carbocycles. The molecule has 4 rings (SSSR count). The summed E-state index contributed by atoms with van der Waals surface area (Å²) in [4.78, 5) is 36.0. The average Bonchev–Trinajstić information content (AvgIpc) is 3.37. The van der Waals surface area contributed by atoms with Crippen LogP contribution in [0.4, 0.5) is 10.1 Å². The van der Waals surface area contributed by atoms with E-state index in [4.69, 9.17) is 30.6 Å². The lowest BCUT2D eigenvalue weighted by molar-refractivity contribution is -0.0483. The molecule has 1 fully saturated rings. The van der Waals surface area contributed by atoms with Gasteiger partial charge in [-0.3, -0.25) is 13.7 Å². The van der Waals surface area contributed by atoms with Gasteiger partial charge >= 0.3 is 15.2 Å². The van der Waals surface area contributed by atoms with Crippen molar-refractivity contribution >= 4 is 43.6 Å². The van der Waals surface area contributed by atoms with E-state index in [1.807, 2.05) is 6.07 Å². The van der Waals surface area contributed by atoms with Crippen LogP contribution in [0.3, 0.4) is 0 Å². The van der Waals surface area contributed by atoms with E-state index in [2.05, 4.69) is 15.3 Å². The second-order valence-electron chi connectivity index (χ2n) is 8.76. The van der Waals surface area contributed by atoms with E-state index in [1.165, 1.54) is 23.0 Å². The molecule has 3 aromatic rings. The molecule has 1 aromatic carbocycles. The van der Waals surface area contributed by atoms with Crippen LogP contribution in [0, 0.1) is 17.1 Å². The molecule has 6 N–H and O–H groups in total. The van der Waals surface area contributed by atoms with Gasteiger partial charge in [0.1, 0.15) is 41.3 Å². The van der Waals surface area contributed by atoms with Crippen molar-refractivity contribution in [1.29, 1.82) is 5.26 Å². The topological polar surface area (TPSA) is 220 Å². The number of anilines is 1. The van der Waals surface area contributed by atoms with Crippen molar-refractivity contribution in [2.45, 2.75) is 37.5 Å². The van der Waals surface area contributed by atoms with Gasteiger partial charge in [0.15, 0.2) is 22.9 Å². The summed E-state index contributed by atoms with van der Waals surface area (Å²) >= 11 is 6.27. The van der Waals surface area contributed by atoms with E-state index in [9.17, 15) is 33.9 Å². The van der Waals surface area contributed by atoms with Crippen molar-refractivity contribution in [3.8, 4) is 6.07 Å². The van der Waals surface area contributed by atoms with Crippen LogP contribution in [-0.2, 0) is 18.4 Å². The van der Waals surface area contributed by atoms with Crippen LogP contribution >= 0.6 is 26.8 Å². The van der Waals surface area contributed by atoms with Gasteiger partial charge in [0.05, 0.1) is 24.7 Å². The minimum absolute atomic E-state index is 0.0226. The summed E-state index contributed by atoms with van der Waals surface area (Å²) in [5, 5.41) is 33.6. The summed E-state index contributed by atoms with van der Waals surface area (Å²) in [5.74, 6) is -1.91. The smallest absolute Gasteiger partial charge is 0.340 e. The van der Waals surface area contributed by atoms with Crippen LogP contribution in [0.1, 0.15) is 30.3 Å². The minimum atomic E-state index is -4.88. The van der Waals surface area contributed by atoms with Gasteiger partial charge in [0.25, 0.3) is 0 Å². The largest absolute Gasteiger partial charge is 0.387 e. The number of nitrogens with one attached hydrogen (secondary N) is 1. The number of aliphatic hydroxyl groups is 2. The van der Waals surface area contributed by atoms with E-state index < -0.39 is 64.1 Å². The lowest BCUT2D eigenvalue weighted by Crippen LogP contribution is -2.33. The number of ether oxygens (including phenoxy) is 1. The third-order valence-corrected chi connectivity index (χ3v) is 9.65. The number of hydrogen-bond acceptors (Lipinski definition) is 10. The Labute approximate surface area is 225 Å². The number of aromatic nitrogens is 3. The van der Waals surface area contributed by atoms with Crippen LogP contribution in [-0.4, -0.2) is 70.3 Å². The Hall–Kier alpha value is -2.47. The number of imidazole rings is 1. The van der Waals surface area contributed by atoms with Crippen molar-refractivity contribution in [3.63, 3.8) is 0 Å². The highest BCUT2D eigenvalue weighted by atomic mass is 35.5. The van der Waals surface area contributed by atoms with E-state index >= 15 is 0 Å². The number of aliphatic hydroxyl groups excluding tert-OH is 2. The molecule has 0 spiro atoms. The SMILES string of the molecule is C[C@H](Nc1c(C#N)c(Cl)nc2c1ncn2[C@@H]1O[C@H](COP(=O)(O)CP(=O)(O)O)[C@@H](O)[C@H]1O)c1ccccc1F. The fraction of sp³-hybridized carbons (Fsp3) is 0.381. The van der Waals surface area contributed by atoms with Gasteiger partial charge < -0.3 is 39.5 Å². The molecule has 3 heterocycles. The molecular formula is C21H23ClFN5O9P2. The standard InChI is InChI=1S/C21H23ClFN5O9P2/c1-10(11-4-2-3-5-13(11)23)26-15-12(6-24)19(22)27-20-16(15)25-8-28(20)21-18(30)17(29)14(37-21)7-36-39(34,35)9-38(31,32)33/h2-5,8,10,14,17-18,21,29-30H,7,9H2,1H3,(H,26,27)(H,34,35)(H2,31,32,33)/t10-,14+,17+,18+,21+/m0/s1. The maximum absolute atomic E-state index is 14.3. The number of benzene rings is 1. The van der Waals surface area contributed by atoms with Crippen molar-refractivity contribution in [2.24, 2.45) is 0 Å². The van der Waals surface area contributed by atoms with Crippen LogP contribution in [0.2, 0.25) is 5.15 Å². The molecule has 18 heteroatoms. The third-order valence-electron chi connectivity index (χ3n) is 5.92. The molecule has 0 bridgehead atoms. The maximum Gasteiger partial charge on any atom is 0.340 e. The van der Waals surface area contributed by atoms with E-state index in [-0.39, 0.29) is 27.6 Å². The maximum atomic E-state index is 14.3. The molecule has 14 nitrogen and oxygen atoms in total. The number of hydrogen-bond donors (Lipinski definition) is 6. The summed E-state index contributed by atoms with van der Waals surface area (Å²) < 4.78 is 48.9. The second kappa shape index (κ2) is 11.2. The Balaban J connectivity index is 1.63. The van der Waals surface area contributed by atoms with Gasteiger partial charge in [-0.05, 0) is 13.0 Å². The first kappa shape index (κ1) is 29.5. The molecule has 1 saturated heterocycles. The van der Waals surface area contributed by atoms with Gasteiger partial charge in [-0.1, -0.05) is 29.8 Å². The number of fused-ring (bicyclic) bond motifs is 1. The quantitative estimate of drug-likeness (QED) is 0.152. The summed E-state index contributed by atoms with van der Waals surface area (Å²) in [7, 11) is -9.62. The highest BCUT2D eigenvalue weighted by Crippen LogP contribution is 2.55. The summed E-state index contributed by atoms with van der Waals surface area (Å²) in [5.41, 5.74) is 0.511. The van der Waals surface area contributed by atoms with Crippen molar-refractivity contribution in [1.82, 2.24) is 14.5 Å². The van der Waals surface area contributed by atoms with Gasteiger partial charge in [-0.25, -0.2) is 14.4 Å². The predicted octanol–water partition coefficient (Wildman–Crippen LogP) is 2.22. The first-order chi connectivity index (χ1) is 18.2. The zero-order valence-electron chi connectivity index (χ0n) is 20.0. The molecule has 2 aromatic heterocycles. The van der Waals surface area contributed by atoms with Crippen molar-refractivity contribution in [3.05, 3.63) is 52.7 Å². The molecule has 1 unspecified atom stereocenters. The monoisotopic (exact) mass is 605 g/mol. The lowest BCUT2D eigenvalue weighted by Gasteiger charge is -2.19. The average molecular weight is 606 g/mol. The number of rotatable bonds is 9. The number of nitrogens with zero attached hydrogens (tertiary/aromatic N) is 4. The molecule has 1 aliphatic rings. The van der Waals surface area contributed by atoms with Gasteiger partial charge in [0.2, 0.25) is 0 Å². The van der Waals surface area contributed by atoms with Crippen molar-refractivity contribution in [2.75, 3.05) is 17.8 Å². The summed E-state index contributed by atoms with van der Waals surface area (Å²) in [6, 6.07) is 7.33. The fourth-order valence-electron chi connectivity index (χ4n) is 4.12. The van der Waals surface area contributed by atoms with Crippen LogP contribution < -0.4 is 5.32 Å². The zero-order valence-corrected chi connectivity index (χ0v) is 22.5. The number of pyridine rings is 1. The first-order valence-electron chi connectivity index (χ1n) is 11.2. The van der Waals surface area contributed by atoms with E-state index in [1.54, 1.807) is 19.1 Å². The first-order valence-corrected chi connectivity index (χ1v) is 15.2. The van der Waals surface area contributed by atoms with Gasteiger partial charge in [-0.15, -0.1) is 0 Å². The molecule has 0 amide bonds. The van der Waals surface area contributed by atoms with Crippen LogP contribution in [0.15, 0.2) is 30.6 Å². The van der Waals surface area contributed by atoms with E-state index in [0.717, 1.165) is 0 Å². The second-order valence-corrected chi connectivity index (χ2v) is 13.1. The molecule has 39 heavy (non-hydrogen) atoms. The Morgan fingerprint density at radius 2 is 1.97 bits per heavy atom. The highest BCUT2D eigenvalue weighted by molar-refractivity contribution is 7.70. The van der Waals surface area contributed by atoms with Crippen LogP contribution in [0.5, 0.6) is 0 Å². The summed E-state index contributed by atoms with van der Waals surface area (Å²) in [6.07, 6.45) is -4.81. The molecule has 6 atom stereocenters. The summed E-state index contributed by atoms with van der Waals surface area (Å²) in [6.45, 7) is 0.878. The molecule has 0 radical (unpaired) electrons. The minimum Gasteiger partial charge on any atom is -0.387 e. The highest BCUT2D eigenvalue weighted by Gasteiger charge is 2.46. The van der Waals surface area contributed by atoms with Crippen molar-refractivity contribution < 1.29 is 47.7 Å². The number of halogens is 2. The molecule has 1 aliphatic heterocycles. The van der Waals surface area contributed by atoms with Gasteiger partial charge in [0, 0.05) is 5.56 Å². The predicted molar refractivity (Wildman–Crippen MR) is 134 cm³/mol. The Morgan fingerprint density at radius 1 is 1.28 bits per heavy atom. The Bertz CT molecular complexity index is 1530. The Kier molecular flexibility index (Phi) is 8.47. The van der Waals surface area contributed by atoms with Crippen LogP contribution in [0.25, 0.3) is 11.2 Å². The Morgan fingerprint density at radius 3 is 2.62 bits per heavy atom. The molecule has 210 valence electrons. The molecular weight excluding hydrogens is 583 g/mol. The third kappa shape index (κ3) is 6.32. The number of nitriles is 1.